The highest BCUT2D eigenvalue weighted by molar-refractivity contribution is 7.19. The fraction of sp³-hybridized carbons (Fsp3) is 0.381. The topological polar surface area (TPSA) is 119 Å². The Bertz CT molecular complexity index is 1150. The molecule has 0 aromatic carbocycles. The first-order valence-electron chi connectivity index (χ1n) is 10.2. The largest absolute Gasteiger partial charge is 0.483 e. The van der Waals surface area contributed by atoms with E-state index in [1.54, 1.807) is 12.4 Å². The highest BCUT2D eigenvalue weighted by atomic mass is 32.1. The number of nitrogens with zero attached hydrogens (tertiary/aromatic N) is 4. The van der Waals surface area contributed by atoms with Crippen LogP contribution in [-0.2, 0) is 16.2 Å². The zero-order valence-corrected chi connectivity index (χ0v) is 17.7. The van der Waals surface area contributed by atoms with Gasteiger partial charge in [0.25, 0.3) is 0 Å². The van der Waals surface area contributed by atoms with E-state index in [2.05, 4.69) is 15.3 Å². The smallest absolute Gasteiger partial charge is 0.306 e. The Morgan fingerprint density at radius 2 is 2.10 bits per heavy atom. The van der Waals surface area contributed by atoms with Crippen molar-refractivity contribution in [2.45, 2.75) is 45.3 Å². The Morgan fingerprint density at radius 3 is 2.77 bits per heavy atom. The summed E-state index contributed by atoms with van der Waals surface area (Å²) in [7, 11) is 0. The summed E-state index contributed by atoms with van der Waals surface area (Å²) in [5, 5.41) is 17.6. The van der Waals surface area contributed by atoms with E-state index in [1.807, 2.05) is 16.8 Å². The number of hydrogen-bond acceptors (Lipinski definition) is 7. The zero-order valence-electron chi connectivity index (χ0n) is 16.9. The van der Waals surface area contributed by atoms with Crippen LogP contribution in [0, 0.1) is 5.92 Å². The van der Waals surface area contributed by atoms with Crippen molar-refractivity contribution in [2.75, 3.05) is 5.32 Å². The lowest BCUT2D eigenvalue weighted by Crippen LogP contribution is -2.24. The monoisotopic (exact) mass is 439 g/mol. The van der Waals surface area contributed by atoms with Crippen LogP contribution in [0.25, 0.3) is 21.8 Å². The molecule has 2 N–H and O–H groups in total. The average molecular weight is 439 g/mol. The van der Waals surface area contributed by atoms with E-state index in [-0.39, 0.29) is 17.9 Å². The molecule has 0 radical (unpaired) electrons. The van der Waals surface area contributed by atoms with Gasteiger partial charge in [-0.2, -0.15) is 5.10 Å². The van der Waals surface area contributed by atoms with Crippen molar-refractivity contribution >= 4 is 28.3 Å². The predicted octanol–water partition coefficient (Wildman–Crippen LogP) is 3.74. The van der Waals surface area contributed by atoms with Crippen LogP contribution < -0.4 is 10.1 Å². The number of aliphatic carboxylic acids is 1. The molecule has 3 aromatic heterocycles. The van der Waals surface area contributed by atoms with Crippen molar-refractivity contribution in [1.82, 2.24) is 19.7 Å². The van der Waals surface area contributed by atoms with Gasteiger partial charge in [-0.3, -0.25) is 19.3 Å². The molecule has 9 nitrogen and oxygen atoms in total. The number of carbonyl (C=O) groups excluding carboxylic acids is 1. The minimum Gasteiger partial charge on any atom is -0.483 e. The molecule has 10 heteroatoms. The molecular weight excluding hydrogens is 418 g/mol. The average Bonchev–Trinajstić information content (AvgIpc) is 3.34. The number of thiazole rings is 1. The number of ether oxygens (including phenoxy) is 1. The van der Waals surface area contributed by atoms with Gasteiger partial charge in [0, 0.05) is 24.9 Å². The molecule has 160 valence electrons. The summed E-state index contributed by atoms with van der Waals surface area (Å²) < 4.78 is 8.09. The molecular formula is C21H21N5O4S. The third kappa shape index (κ3) is 3.56. The maximum Gasteiger partial charge on any atom is 0.306 e. The maximum absolute atomic E-state index is 11.5. The van der Waals surface area contributed by atoms with Crippen molar-refractivity contribution in [1.29, 1.82) is 0 Å². The molecule has 2 aliphatic rings. The SMILES string of the molecule is CC(=O)Nc1nc2c(s1)-c1c(c(-c3cccnc3)nn1C1CCC(C(=O)O)CC1)OC2. The van der Waals surface area contributed by atoms with Gasteiger partial charge in [0.1, 0.15) is 23.7 Å². The Hall–Kier alpha value is -3.27. The van der Waals surface area contributed by atoms with Crippen molar-refractivity contribution in [2.24, 2.45) is 5.92 Å². The molecule has 1 amide bonds. The summed E-state index contributed by atoms with van der Waals surface area (Å²) >= 11 is 1.40. The van der Waals surface area contributed by atoms with E-state index >= 15 is 0 Å². The van der Waals surface area contributed by atoms with Gasteiger partial charge in [0.05, 0.1) is 16.8 Å². The Morgan fingerprint density at radius 1 is 1.29 bits per heavy atom. The highest BCUT2D eigenvalue weighted by Gasteiger charge is 2.35. The van der Waals surface area contributed by atoms with Crippen LogP contribution >= 0.6 is 11.3 Å². The lowest BCUT2D eigenvalue weighted by atomic mass is 9.86. The van der Waals surface area contributed by atoms with Gasteiger partial charge in [-0.25, -0.2) is 4.98 Å². The fourth-order valence-corrected chi connectivity index (χ4v) is 5.31. The van der Waals surface area contributed by atoms with E-state index in [4.69, 9.17) is 9.84 Å². The van der Waals surface area contributed by atoms with Gasteiger partial charge in [-0.1, -0.05) is 11.3 Å². The Balaban J connectivity index is 1.60. The molecule has 0 bridgehead atoms. The second kappa shape index (κ2) is 7.77. The van der Waals surface area contributed by atoms with Crippen LogP contribution in [0.2, 0.25) is 0 Å². The van der Waals surface area contributed by atoms with Crippen molar-refractivity contribution in [3.63, 3.8) is 0 Å². The molecule has 1 fully saturated rings. The third-order valence-electron chi connectivity index (χ3n) is 5.74. The van der Waals surface area contributed by atoms with E-state index in [0.717, 1.165) is 34.7 Å². The number of aromatic nitrogens is 4. The number of anilines is 1. The number of fused-ring (bicyclic) bond motifs is 3. The van der Waals surface area contributed by atoms with Crippen molar-refractivity contribution in [3.8, 4) is 27.6 Å². The van der Waals surface area contributed by atoms with Crippen LogP contribution in [0.4, 0.5) is 5.13 Å². The molecule has 0 atom stereocenters. The first-order chi connectivity index (χ1) is 15.0. The van der Waals surface area contributed by atoms with Crippen LogP contribution in [0.5, 0.6) is 5.75 Å². The minimum atomic E-state index is -0.731. The number of pyridine rings is 1. The van der Waals surface area contributed by atoms with Crippen LogP contribution in [0.15, 0.2) is 24.5 Å². The van der Waals surface area contributed by atoms with E-state index in [1.165, 1.54) is 18.3 Å². The first kappa shape index (κ1) is 19.7. The summed E-state index contributed by atoms with van der Waals surface area (Å²) in [5.74, 6) is -0.533. The second-order valence-electron chi connectivity index (χ2n) is 7.82. The summed E-state index contributed by atoms with van der Waals surface area (Å²) in [6.07, 6.45) is 6.15. The van der Waals surface area contributed by atoms with Gasteiger partial charge >= 0.3 is 5.97 Å². The molecule has 5 rings (SSSR count). The number of carbonyl (C=O) groups is 2. The summed E-state index contributed by atoms with van der Waals surface area (Å²) in [6, 6.07) is 3.86. The Labute approximate surface area is 182 Å². The zero-order chi connectivity index (χ0) is 21.5. The number of carboxylic acid groups (broad SMARTS) is 1. The maximum atomic E-state index is 11.5. The summed E-state index contributed by atoms with van der Waals surface area (Å²) in [6.45, 7) is 1.75. The van der Waals surface area contributed by atoms with E-state index < -0.39 is 5.97 Å². The summed E-state index contributed by atoms with van der Waals surface area (Å²) in [5.41, 5.74) is 3.17. The van der Waals surface area contributed by atoms with E-state index in [9.17, 15) is 14.7 Å². The number of amides is 1. The molecule has 1 aliphatic heterocycles. The van der Waals surface area contributed by atoms with Crippen LogP contribution in [-0.4, -0.2) is 36.7 Å². The van der Waals surface area contributed by atoms with Gasteiger partial charge in [-0.05, 0) is 37.8 Å². The lowest BCUT2D eigenvalue weighted by Gasteiger charge is -2.28. The number of carboxylic acids is 1. The van der Waals surface area contributed by atoms with Gasteiger partial charge in [-0.15, -0.1) is 0 Å². The number of hydrogen-bond donors (Lipinski definition) is 2. The molecule has 1 aliphatic carbocycles. The van der Waals surface area contributed by atoms with Crippen molar-refractivity contribution in [3.05, 3.63) is 30.2 Å². The highest BCUT2D eigenvalue weighted by Crippen LogP contribution is 2.49. The van der Waals surface area contributed by atoms with Crippen molar-refractivity contribution < 1.29 is 19.4 Å². The molecule has 0 unspecified atom stereocenters. The molecule has 0 saturated heterocycles. The number of nitrogens with one attached hydrogen (secondary N) is 1. The minimum absolute atomic E-state index is 0.0654. The molecule has 31 heavy (non-hydrogen) atoms. The molecule has 1 saturated carbocycles. The molecule has 3 aromatic rings. The van der Waals surface area contributed by atoms with Crippen LogP contribution in [0.1, 0.15) is 44.3 Å². The lowest BCUT2D eigenvalue weighted by molar-refractivity contribution is -0.143. The Kier molecular flexibility index (Phi) is 4.93. The predicted molar refractivity (Wildman–Crippen MR) is 114 cm³/mol. The quantitative estimate of drug-likeness (QED) is 0.635. The second-order valence-corrected chi connectivity index (χ2v) is 8.82. The third-order valence-corrected chi connectivity index (χ3v) is 6.76. The molecule has 0 spiro atoms. The van der Waals surface area contributed by atoms with Gasteiger partial charge < -0.3 is 15.2 Å². The fourth-order valence-electron chi connectivity index (χ4n) is 4.27. The van der Waals surface area contributed by atoms with Crippen LogP contribution in [0.3, 0.4) is 0 Å². The molecule has 4 heterocycles. The normalized spacial score (nSPS) is 19.8. The first-order valence-corrected chi connectivity index (χ1v) is 11.0. The van der Waals surface area contributed by atoms with Gasteiger partial charge in [0.2, 0.25) is 5.91 Å². The summed E-state index contributed by atoms with van der Waals surface area (Å²) in [4.78, 5) is 32.6. The standard InChI is InChI=1S/C21H21N5O4S/c1-11(27)23-21-24-15-10-30-18-16(13-3-2-8-22-9-13)25-26(17(18)19(15)31-21)14-6-4-12(5-7-14)20(28)29/h2-3,8-9,12,14H,4-7,10H2,1H3,(H,28,29)(H,23,24,27). The van der Waals surface area contributed by atoms with E-state index in [0.29, 0.717) is 36.0 Å². The number of rotatable bonds is 4. The van der Waals surface area contributed by atoms with Gasteiger partial charge in [0.15, 0.2) is 10.9 Å².